The molecule has 0 radical (unpaired) electrons. The molecule has 1 N–H and O–H groups in total. The predicted octanol–water partition coefficient (Wildman–Crippen LogP) is 5.75. The molecule has 250 valence electrons. The SMILES string of the molecule is COc1ccc(C2=NN(C(=O)CSc3nnc(CNC(=O)c4ccccc4)n3Cc3ccccc3)C(c3cccc(OC)c3OC)C2)cc1. The smallest absolute Gasteiger partial charge is 0.253 e. The fourth-order valence-corrected chi connectivity index (χ4v) is 6.45. The number of aromatic nitrogens is 3. The summed E-state index contributed by atoms with van der Waals surface area (Å²) >= 11 is 1.27. The van der Waals surface area contributed by atoms with Crippen LogP contribution in [-0.2, 0) is 17.9 Å². The van der Waals surface area contributed by atoms with Crippen molar-refractivity contribution in [3.8, 4) is 17.2 Å². The number of hydrogen-bond acceptors (Lipinski definition) is 9. The lowest BCUT2D eigenvalue weighted by atomic mass is 9.97. The zero-order valence-electron chi connectivity index (χ0n) is 27.4. The molecule has 1 aromatic heterocycles. The van der Waals surface area contributed by atoms with Crippen LogP contribution in [0.15, 0.2) is 113 Å². The van der Waals surface area contributed by atoms with Crippen LogP contribution in [0.3, 0.4) is 0 Å². The van der Waals surface area contributed by atoms with Crippen molar-refractivity contribution in [3.05, 3.63) is 131 Å². The van der Waals surface area contributed by atoms with Gasteiger partial charge in [0.1, 0.15) is 5.75 Å². The summed E-state index contributed by atoms with van der Waals surface area (Å²) in [5.41, 5.74) is 4.03. The molecule has 1 atom stereocenters. The first kappa shape index (κ1) is 33.3. The van der Waals surface area contributed by atoms with Gasteiger partial charge < -0.3 is 24.1 Å². The number of carbonyl (C=O) groups is 2. The first-order valence-corrected chi connectivity index (χ1v) is 16.6. The van der Waals surface area contributed by atoms with Crippen LogP contribution in [-0.4, -0.2) is 64.4 Å². The molecule has 0 saturated carbocycles. The van der Waals surface area contributed by atoms with Crippen molar-refractivity contribution < 1.29 is 23.8 Å². The summed E-state index contributed by atoms with van der Waals surface area (Å²) in [6.07, 6.45) is 0.474. The summed E-state index contributed by atoms with van der Waals surface area (Å²) < 4.78 is 18.6. The lowest BCUT2D eigenvalue weighted by Crippen LogP contribution is -2.29. The molecule has 12 heteroatoms. The molecule has 2 heterocycles. The van der Waals surface area contributed by atoms with Crippen molar-refractivity contribution in [3.63, 3.8) is 0 Å². The second-order valence-electron chi connectivity index (χ2n) is 11.1. The Morgan fingerprint density at radius 3 is 2.27 bits per heavy atom. The first-order chi connectivity index (χ1) is 24.0. The van der Waals surface area contributed by atoms with Crippen molar-refractivity contribution in [2.75, 3.05) is 27.1 Å². The van der Waals surface area contributed by atoms with E-state index in [0.717, 1.165) is 28.2 Å². The summed E-state index contributed by atoms with van der Waals surface area (Å²) in [7, 11) is 4.79. The molecule has 0 saturated heterocycles. The molecule has 0 fully saturated rings. The minimum atomic E-state index is -0.429. The highest BCUT2D eigenvalue weighted by Gasteiger charge is 2.36. The molecule has 4 aromatic carbocycles. The van der Waals surface area contributed by atoms with Crippen LogP contribution in [0.5, 0.6) is 17.2 Å². The number of hydrazone groups is 1. The van der Waals surface area contributed by atoms with Crippen molar-refractivity contribution in [1.82, 2.24) is 25.1 Å². The highest BCUT2D eigenvalue weighted by Crippen LogP contribution is 2.42. The normalized spacial score (nSPS) is 13.9. The molecule has 11 nitrogen and oxygen atoms in total. The number of rotatable bonds is 13. The van der Waals surface area contributed by atoms with Crippen LogP contribution in [0.25, 0.3) is 0 Å². The maximum atomic E-state index is 14.1. The maximum absolute atomic E-state index is 14.1. The van der Waals surface area contributed by atoms with Crippen LogP contribution < -0.4 is 19.5 Å². The third kappa shape index (κ3) is 7.60. The van der Waals surface area contributed by atoms with Gasteiger partial charge >= 0.3 is 0 Å². The average Bonchev–Trinajstić information content (AvgIpc) is 3.77. The van der Waals surface area contributed by atoms with E-state index in [2.05, 4.69) is 15.5 Å². The minimum Gasteiger partial charge on any atom is -0.497 e. The number of benzene rings is 4. The number of nitrogens with zero attached hydrogens (tertiary/aromatic N) is 5. The van der Waals surface area contributed by atoms with Gasteiger partial charge in [-0.15, -0.1) is 10.2 Å². The Hall–Kier alpha value is -5.62. The van der Waals surface area contributed by atoms with E-state index in [0.29, 0.717) is 41.0 Å². The van der Waals surface area contributed by atoms with Gasteiger partial charge in [0.05, 0.1) is 51.9 Å². The van der Waals surface area contributed by atoms with Crippen molar-refractivity contribution in [2.45, 2.75) is 30.7 Å². The topological polar surface area (TPSA) is 120 Å². The molecule has 5 aromatic rings. The first-order valence-electron chi connectivity index (χ1n) is 15.7. The Morgan fingerprint density at radius 2 is 1.57 bits per heavy atom. The Balaban J connectivity index is 1.26. The van der Waals surface area contributed by atoms with Crippen molar-refractivity contribution in [1.29, 1.82) is 0 Å². The van der Waals surface area contributed by atoms with Crippen LogP contribution in [0.4, 0.5) is 0 Å². The largest absolute Gasteiger partial charge is 0.497 e. The molecule has 1 aliphatic rings. The van der Waals surface area contributed by atoms with E-state index in [1.807, 2.05) is 95.6 Å². The van der Waals surface area contributed by atoms with Gasteiger partial charge in [-0.1, -0.05) is 72.4 Å². The summed E-state index contributed by atoms with van der Waals surface area (Å²) in [4.78, 5) is 26.9. The van der Waals surface area contributed by atoms with Gasteiger partial charge in [-0.2, -0.15) is 5.10 Å². The number of carbonyl (C=O) groups excluding carboxylic acids is 2. The standard InChI is InChI=1S/C37H36N6O5S/c1-46-28-19-17-26(18-20-28)30-21-31(29-15-10-16-32(47-2)35(29)48-3)43(41-30)34(44)24-49-37-40-39-33(42(37)23-25-11-6-4-7-12-25)22-38-36(45)27-13-8-5-9-14-27/h4-20,31H,21-24H2,1-3H3,(H,38,45). The average molecular weight is 677 g/mol. The van der Waals surface area contributed by atoms with Crippen LogP contribution >= 0.6 is 11.8 Å². The maximum Gasteiger partial charge on any atom is 0.253 e. The van der Waals surface area contributed by atoms with Crippen molar-refractivity contribution >= 4 is 29.3 Å². The van der Waals surface area contributed by atoms with Crippen LogP contribution in [0.1, 0.15) is 45.3 Å². The highest BCUT2D eigenvalue weighted by atomic mass is 32.2. The van der Waals surface area contributed by atoms with Crippen LogP contribution in [0, 0.1) is 0 Å². The van der Waals surface area contributed by atoms with Gasteiger partial charge in [0.15, 0.2) is 22.5 Å². The number of ether oxygens (including phenoxy) is 3. The quantitative estimate of drug-likeness (QED) is 0.157. The van der Waals surface area contributed by atoms with Crippen LogP contribution in [0.2, 0.25) is 0 Å². The third-order valence-corrected chi connectivity index (χ3v) is 9.08. The Labute approximate surface area is 288 Å². The van der Waals surface area contributed by atoms with E-state index in [4.69, 9.17) is 19.3 Å². The minimum absolute atomic E-state index is 0.0471. The molecular weight excluding hydrogens is 641 g/mol. The fourth-order valence-electron chi connectivity index (χ4n) is 5.64. The second kappa shape index (κ2) is 15.5. The molecule has 2 amide bonds. The summed E-state index contributed by atoms with van der Waals surface area (Å²) in [6.45, 7) is 0.634. The molecule has 0 aliphatic carbocycles. The van der Waals surface area contributed by atoms with E-state index in [1.165, 1.54) is 16.8 Å². The van der Waals surface area contributed by atoms with Gasteiger partial charge in [-0.05, 0) is 53.6 Å². The van der Waals surface area contributed by atoms with Gasteiger partial charge in [0, 0.05) is 17.5 Å². The number of nitrogens with one attached hydrogen (secondary N) is 1. The summed E-state index contributed by atoms with van der Waals surface area (Å²) in [5.74, 6) is 2.05. The van der Waals surface area contributed by atoms with E-state index >= 15 is 0 Å². The molecule has 1 aliphatic heterocycles. The van der Waals surface area contributed by atoms with E-state index in [9.17, 15) is 9.59 Å². The van der Waals surface area contributed by atoms with E-state index in [1.54, 1.807) is 33.5 Å². The van der Waals surface area contributed by atoms with Gasteiger partial charge in [-0.25, -0.2) is 5.01 Å². The van der Waals surface area contributed by atoms with Crippen molar-refractivity contribution in [2.24, 2.45) is 5.10 Å². The molecule has 0 spiro atoms. The number of amides is 2. The van der Waals surface area contributed by atoms with Gasteiger partial charge in [-0.3, -0.25) is 9.59 Å². The Morgan fingerprint density at radius 1 is 0.837 bits per heavy atom. The molecule has 0 bridgehead atoms. The number of para-hydroxylation sites is 1. The lowest BCUT2D eigenvalue weighted by molar-refractivity contribution is -0.130. The van der Waals surface area contributed by atoms with E-state index in [-0.39, 0.29) is 24.1 Å². The monoisotopic (exact) mass is 676 g/mol. The molecule has 49 heavy (non-hydrogen) atoms. The molecule has 6 rings (SSSR count). The zero-order valence-corrected chi connectivity index (χ0v) is 28.2. The third-order valence-electron chi connectivity index (χ3n) is 8.13. The Bertz CT molecular complexity index is 1930. The molecular formula is C37H36N6O5S. The number of methoxy groups -OCH3 is 3. The highest BCUT2D eigenvalue weighted by molar-refractivity contribution is 7.99. The summed E-state index contributed by atoms with van der Waals surface area (Å²) in [5, 5.41) is 18.7. The molecule has 1 unspecified atom stereocenters. The Kier molecular flexibility index (Phi) is 10.5. The number of hydrogen-bond donors (Lipinski definition) is 1. The zero-order chi connectivity index (χ0) is 34.2. The lowest BCUT2D eigenvalue weighted by Gasteiger charge is -2.24. The summed E-state index contributed by atoms with van der Waals surface area (Å²) in [6, 6.07) is 31.7. The second-order valence-corrected chi connectivity index (χ2v) is 12.1. The fraction of sp³-hybridized carbons (Fsp3) is 0.216. The van der Waals surface area contributed by atoms with E-state index < -0.39 is 6.04 Å². The predicted molar refractivity (Wildman–Crippen MR) is 187 cm³/mol. The number of thioether (sulfide) groups is 1. The van der Waals surface area contributed by atoms with Gasteiger partial charge in [0.25, 0.3) is 11.8 Å². The van der Waals surface area contributed by atoms with Gasteiger partial charge in [0.2, 0.25) is 0 Å².